The summed E-state index contributed by atoms with van der Waals surface area (Å²) in [5, 5.41) is 0.718. The molecular weight excluding hydrogens is 1180 g/mol. The number of sulfone groups is 1. The molecule has 93 heavy (non-hydrogen) atoms. The van der Waals surface area contributed by atoms with Gasteiger partial charge in [-0.25, -0.2) is 8.42 Å². The second-order valence-corrected chi connectivity index (χ2v) is 48.0. The van der Waals surface area contributed by atoms with Crippen LogP contribution in [-0.4, -0.2) is 117 Å². The zero-order valence-corrected chi connectivity index (χ0v) is 72.2. The van der Waals surface area contributed by atoms with Crippen LogP contribution in [0.25, 0.3) is 0 Å². The quantitative estimate of drug-likeness (QED) is 0.271. The van der Waals surface area contributed by atoms with Crippen molar-refractivity contribution in [2.45, 2.75) is 363 Å². The topological polar surface area (TPSA) is 68.3 Å². The van der Waals surface area contributed by atoms with Crippen LogP contribution in [0.5, 0.6) is 0 Å². The van der Waals surface area contributed by atoms with Gasteiger partial charge in [0.15, 0.2) is 9.84 Å². The van der Waals surface area contributed by atoms with Crippen LogP contribution < -0.4 is 0 Å². The van der Waals surface area contributed by atoms with Crippen molar-refractivity contribution in [2.24, 2.45) is 113 Å². The molecule has 0 aromatic heterocycles. The third kappa shape index (κ3) is 32.7. The number of rotatable bonds is 2. The second-order valence-electron chi connectivity index (χ2n) is 44.5. The van der Waals surface area contributed by atoms with Crippen molar-refractivity contribution >= 4 is 21.6 Å². The number of ether oxygens (including phenoxy) is 3. The Bertz CT molecular complexity index is 2050. The lowest BCUT2D eigenvalue weighted by Gasteiger charge is -2.49. The Balaban J connectivity index is 0.000000543. The normalized spacial score (nSPS) is 29.3. The van der Waals surface area contributed by atoms with Crippen LogP contribution in [0.3, 0.4) is 0 Å². The first kappa shape index (κ1) is 91.1. The van der Waals surface area contributed by atoms with Crippen molar-refractivity contribution in [2.75, 3.05) is 64.1 Å². The summed E-state index contributed by atoms with van der Waals surface area (Å²) in [6.45, 7) is 100. The third-order valence-corrected chi connectivity index (χ3v) is 27.9. The van der Waals surface area contributed by atoms with E-state index in [1.54, 1.807) is 0 Å². The lowest BCUT2D eigenvalue weighted by molar-refractivity contribution is -0.0908. The summed E-state index contributed by atoms with van der Waals surface area (Å²) in [7, 11) is -2.88. The van der Waals surface area contributed by atoms with E-state index in [1.165, 1.54) is 76.9 Å². The Kier molecular flexibility index (Phi) is 34.1. The fourth-order valence-corrected chi connectivity index (χ4v) is 18.9. The van der Waals surface area contributed by atoms with Gasteiger partial charge in [-0.1, -0.05) is 242 Å². The van der Waals surface area contributed by atoms with E-state index in [0.29, 0.717) is 78.2 Å². The highest BCUT2D eigenvalue weighted by Gasteiger charge is 2.48. The van der Waals surface area contributed by atoms with Gasteiger partial charge in [0, 0.05) is 49.7 Å². The van der Waals surface area contributed by atoms with Crippen LogP contribution in [-0.2, 0) is 24.0 Å². The van der Waals surface area contributed by atoms with E-state index in [1.807, 2.05) is 20.8 Å². The van der Waals surface area contributed by atoms with Gasteiger partial charge in [-0.2, -0.15) is 11.8 Å². The molecule has 7 fully saturated rings. The minimum absolute atomic E-state index is 0.104. The molecule has 7 heterocycles. The minimum atomic E-state index is -2.88. The average Bonchev–Trinajstić information content (AvgIpc) is 1.68. The Morgan fingerprint density at radius 3 is 1.03 bits per heavy atom. The molecule has 7 nitrogen and oxygen atoms in total. The molecule has 0 radical (unpaired) electrons. The number of thioether (sulfide) groups is 1. The Labute approximate surface area is 590 Å². The summed E-state index contributed by atoms with van der Waals surface area (Å²) in [5.74, 6) is 8.61. The lowest BCUT2D eigenvalue weighted by atomic mass is 9.69. The maximum Gasteiger partial charge on any atom is 0.153 e. The Morgan fingerprint density at radius 2 is 0.774 bits per heavy atom. The van der Waals surface area contributed by atoms with Gasteiger partial charge < -0.3 is 19.1 Å². The van der Waals surface area contributed by atoms with Crippen molar-refractivity contribution in [3.05, 3.63) is 0 Å². The lowest BCUT2D eigenvalue weighted by Crippen LogP contribution is -2.57. The van der Waals surface area contributed by atoms with E-state index >= 15 is 0 Å². The smallest absolute Gasteiger partial charge is 0.153 e. The van der Waals surface area contributed by atoms with Gasteiger partial charge in [-0.15, -0.1) is 0 Å². The van der Waals surface area contributed by atoms with Crippen molar-refractivity contribution in [3.63, 3.8) is 0 Å². The molecule has 7 aliphatic rings. The van der Waals surface area contributed by atoms with Gasteiger partial charge in [0.25, 0.3) is 0 Å². The molecule has 0 amide bonds. The standard InChI is InChI=1S/2C13H26O.C13H26S.C12H24O2S.C12H24O.C11H23N.C10H21N/c1-12(2,3)10-7-11(9-14-8-10)13(4,5)6;2*1-12(2,3)10-7-8-11(14-9-10)13(4,5)6;1-11(2,3)9-7-10(12(4,5)6)15(13,14)8-9;1-11(2,3)9-7-10(13-8-9)12(4,5)6;1-9(2)12-7-6-10(8-12)11(3,4)5;1-8(2)9-6-11(7-9)10(3,4)5/h3*10-11H,7-9H2,1-6H3;9-10H,7-8H2,1-6H3;9-10H,7-8H2,1-6H3;9-10H,6-8H2,1-5H3;8-9H,6-7H2,1-5H3. The fourth-order valence-electron chi connectivity index (χ4n) is 13.9. The van der Waals surface area contributed by atoms with Crippen molar-refractivity contribution < 1.29 is 22.6 Å². The van der Waals surface area contributed by atoms with Crippen LogP contribution in [0.15, 0.2) is 0 Å². The van der Waals surface area contributed by atoms with Crippen LogP contribution in [0.4, 0.5) is 0 Å². The van der Waals surface area contributed by atoms with Crippen LogP contribution >= 0.6 is 11.8 Å². The van der Waals surface area contributed by atoms with E-state index in [0.717, 1.165) is 91.5 Å². The fraction of sp³-hybridized carbons (Fsp3) is 1.00. The van der Waals surface area contributed by atoms with Gasteiger partial charge in [-0.05, 0) is 211 Å². The van der Waals surface area contributed by atoms with Crippen molar-refractivity contribution in [1.29, 1.82) is 0 Å². The van der Waals surface area contributed by atoms with Gasteiger partial charge in [0.05, 0.1) is 36.4 Å². The second kappa shape index (κ2) is 34.8. The minimum Gasteiger partial charge on any atom is -0.381 e. The summed E-state index contributed by atoms with van der Waals surface area (Å²) in [6.07, 6.45) is 11.1. The molecule has 0 bridgehead atoms. The van der Waals surface area contributed by atoms with E-state index in [2.05, 4.69) is 278 Å². The maximum absolute atomic E-state index is 12.1. The molecule has 9 heteroatoms. The first-order valence-electron chi connectivity index (χ1n) is 38.2. The monoisotopic (exact) mass is 1350 g/mol. The van der Waals surface area contributed by atoms with E-state index < -0.39 is 9.84 Å². The van der Waals surface area contributed by atoms with E-state index in [9.17, 15) is 8.42 Å². The summed E-state index contributed by atoms with van der Waals surface area (Å²) >= 11 is 2.21. The molecule has 7 saturated heterocycles. The molecular formula is C84H170N2O5S2. The Morgan fingerprint density at radius 1 is 0.376 bits per heavy atom. The van der Waals surface area contributed by atoms with Gasteiger partial charge in [0.1, 0.15) is 0 Å². The number of likely N-dealkylation sites (tertiary alicyclic amines) is 2. The largest absolute Gasteiger partial charge is 0.381 e. The zero-order chi connectivity index (χ0) is 73.3. The summed E-state index contributed by atoms with van der Waals surface area (Å²) in [6, 6.07) is 0.734. The molecule has 0 saturated carbocycles. The van der Waals surface area contributed by atoms with Crippen LogP contribution in [0.2, 0.25) is 0 Å². The highest BCUT2D eigenvalue weighted by Crippen LogP contribution is 2.48. The average molecular weight is 1350 g/mol. The van der Waals surface area contributed by atoms with Crippen LogP contribution in [0.1, 0.15) is 328 Å². The zero-order valence-electron chi connectivity index (χ0n) is 70.6. The highest BCUT2D eigenvalue weighted by molar-refractivity contribution is 8.00. The summed E-state index contributed by atoms with van der Waals surface area (Å²) < 4.78 is 41.7. The predicted molar refractivity (Wildman–Crippen MR) is 416 cm³/mol. The molecule has 7 rings (SSSR count). The van der Waals surface area contributed by atoms with Gasteiger partial charge in [-0.3, -0.25) is 4.90 Å². The summed E-state index contributed by atoms with van der Waals surface area (Å²) in [5.41, 5.74) is 4.09. The number of nitrogens with zero attached hydrogens (tertiary/aromatic N) is 2. The molecule has 0 aliphatic carbocycles. The highest BCUT2D eigenvalue weighted by atomic mass is 32.2. The molecule has 11 unspecified atom stereocenters. The predicted octanol–water partition coefficient (Wildman–Crippen LogP) is 23.7. The molecule has 0 N–H and O–H groups in total. The van der Waals surface area contributed by atoms with Crippen molar-refractivity contribution in [1.82, 2.24) is 9.80 Å². The van der Waals surface area contributed by atoms with E-state index in [4.69, 9.17) is 14.2 Å². The number of hydrogen-bond donors (Lipinski definition) is 0. The summed E-state index contributed by atoms with van der Waals surface area (Å²) in [4.78, 5) is 5.15. The SMILES string of the molecule is CC(C)(C)C1CC(C(C)(C)C)S(=O)(=O)C1.CC(C)(C)C1CCC(C(C)(C)C)OC1.CC(C)(C)C1CCC(C(C)(C)C)SC1.CC(C)(C)C1COC(C(C)(C)C)C1.CC(C)(C)C1COCC(C(C)(C)C)C1.CC(C)C1CN(C(C)(C)C)C1.CC(C)N1CCC(C(C)(C)C)C1. The molecule has 0 aromatic rings. The third-order valence-electron chi connectivity index (χ3n) is 23.3. The van der Waals surface area contributed by atoms with Gasteiger partial charge >= 0.3 is 0 Å². The Hall–Kier alpha value is 0.1000. The molecule has 0 spiro atoms. The molecule has 0 aromatic carbocycles. The molecule has 558 valence electrons. The van der Waals surface area contributed by atoms with Crippen LogP contribution in [0, 0.1) is 113 Å². The first-order chi connectivity index (χ1) is 41.1. The maximum atomic E-state index is 12.1. The molecule has 11 atom stereocenters. The van der Waals surface area contributed by atoms with E-state index in [-0.39, 0.29) is 16.1 Å². The molecule has 7 aliphatic heterocycles. The van der Waals surface area contributed by atoms with Gasteiger partial charge in [0.2, 0.25) is 0 Å². The van der Waals surface area contributed by atoms with Crippen molar-refractivity contribution in [3.8, 4) is 0 Å². The first-order valence-corrected chi connectivity index (χ1v) is 41.0. The number of hydrogen-bond acceptors (Lipinski definition) is 8.